The summed E-state index contributed by atoms with van der Waals surface area (Å²) in [7, 11) is 0. The lowest BCUT2D eigenvalue weighted by Crippen LogP contribution is -2.39. The van der Waals surface area contributed by atoms with E-state index in [4.69, 9.17) is 9.47 Å². The van der Waals surface area contributed by atoms with Gasteiger partial charge in [0.15, 0.2) is 0 Å². The Hall–Kier alpha value is -0.910. The SMILES string of the molecule is CCn1nc(C)cc1CC(O)C1COCCO1. The molecule has 0 bridgehead atoms. The van der Waals surface area contributed by atoms with Gasteiger partial charge >= 0.3 is 0 Å². The highest BCUT2D eigenvalue weighted by atomic mass is 16.6. The van der Waals surface area contributed by atoms with Crippen LogP contribution >= 0.6 is 0 Å². The monoisotopic (exact) mass is 240 g/mol. The van der Waals surface area contributed by atoms with Crippen LogP contribution < -0.4 is 0 Å². The lowest BCUT2D eigenvalue weighted by atomic mass is 10.1. The Morgan fingerprint density at radius 2 is 2.41 bits per heavy atom. The van der Waals surface area contributed by atoms with Crippen LogP contribution in [0.2, 0.25) is 0 Å². The van der Waals surface area contributed by atoms with Crippen molar-refractivity contribution in [3.05, 3.63) is 17.5 Å². The summed E-state index contributed by atoms with van der Waals surface area (Å²) in [5.41, 5.74) is 2.03. The molecule has 1 N–H and O–H groups in total. The van der Waals surface area contributed by atoms with Crippen molar-refractivity contribution in [2.45, 2.75) is 39.0 Å². The van der Waals surface area contributed by atoms with E-state index < -0.39 is 6.10 Å². The highest BCUT2D eigenvalue weighted by Crippen LogP contribution is 2.13. The molecule has 2 rings (SSSR count). The number of aryl methyl sites for hydroxylation is 2. The lowest BCUT2D eigenvalue weighted by molar-refractivity contribution is -0.131. The normalized spacial score (nSPS) is 22.6. The molecule has 1 aliphatic rings. The first-order valence-corrected chi connectivity index (χ1v) is 6.11. The first-order chi connectivity index (χ1) is 8.20. The molecule has 96 valence electrons. The second kappa shape index (κ2) is 5.62. The second-order valence-electron chi connectivity index (χ2n) is 4.35. The van der Waals surface area contributed by atoms with Gasteiger partial charge in [0.1, 0.15) is 6.10 Å². The molecule has 0 aromatic carbocycles. The third kappa shape index (κ3) is 3.06. The van der Waals surface area contributed by atoms with Gasteiger partial charge in [-0.05, 0) is 19.9 Å². The summed E-state index contributed by atoms with van der Waals surface area (Å²) in [5, 5.41) is 14.5. The largest absolute Gasteiger partial charge is 0.390 e. The summed E-state index contributed by atoms with van der Waals surface area (Å²) in [6.45, 7) is 6.48. The molecule has 5 nitrogen and oxygen atoms in total. The Kier molecular flexibility index (Phi) is 4.15. The zero-order valence-corrected chi connectivity index (χ0v) is 10.4. The van der Waals surface area contributed by atoms with Crippen molar-refractivity contribution in [3.8, 4) is 0 Å². The minimum Gasteiger partial charge on any atom is -0.390 e. The van der Waals surface area contributed by atoms with Crippen LogP contribution in [0.1, 0.15) is 18.3 Å². The molecule has 2 heterocycles. The van der Waals surface area contributed by atoms with Crippen LogP contribution in [0.15, 0.2) is 6.07 Å². The highest BCUT2D eigenvalue weighted by molar-refractivity contribution is 5.10. The van der Waals surface area contributed by atoms with E-state index in [2.05, 4.69) is 5.10 Å². The maximum atomic E-state index is 10.1. The van der Waals surface area contributed by atoms with Gasteiger partial charge in [-0.3, -0.25) is 4.68 Å². The molecule has 17 heavy (non-hydrogen) atoms. The molecular formula is C12H20N2O3. The molecule has 1 saturated heterocycles. The number of aliphatic hydroxyl groups excluding tert-OH is 1. The van der Waals surface area contributed by atoms with E-state index in [1.165, 1.54) is 0 Å². The quantitative estimate of drug-likeness (QED) is 0.834. The third-order valence-electron chi connectivity index (χ3n) is 2.97. The minimum atomic E-state index is -0.531. The molecule has 2 atom stereocenters. The fourth-order valence-corrected chi connectivity index (χ4v) is 2.11. The van der Waals surface area contributed by atoms with Gasteiger partial charge in [0, 0.05) is 18.7 Å². The molecule has 0 radical (unpaired) electrons. The van der Waals surface area contributed by atoms with E-state index >= 15 is 0 Å². The standard InChI is InChI=1S/C12H20N2O3/c1-3-14-10(6-9(2)13-14)7-11(15)12-8-16-4-5-17-12/h6,11-12,15H,3-5,7-8H2,1-2H3. The van der Waals surface area contributed by atoms with Crippen LogP contribution in [0.4, 0.5) is 0 Å². The number of hydrogen-bond acceptors (Lipinski definition) is 4. The second-order valence-corrected chi connectivity index (χ2v) is 4.35. The van der Waals surface area contributed by atoms with Crippen LogP contribution in [-0.2, 0) is 22.4 Å². The Bertz CT molecular complexity index is 359. The van der Waals surface area contributed by atoms with Gasteiger partial charge in [0.2, 0.25) is 0 Å². The Labute approximate surface area is 101 Å². The molecule has 0 spiro atoms. The lowest BCUT2D eigenvalue weighted by Gasteiger charge is -2.27. The zero-order chi connectivity index (χ0) is 12.3. The smallest absolute Gasteiger partial charge is 0.107 e. The first kappa shape index (κ1) is 12.5. The Morgan fingerprint density at radius 3 is 3.06 bits per heavy atom. The van der Waals surface area contributed by atoms with Gasteiger partial charge in [0.25, 0.3) is 0 Å². The maximum absolute atomic E-state index is 10.1. The number of ether oxygens (including phenoxy) is 2. The summed E-state index contributed by atoms with van der Waals surface area (Å²) >= 11 is 0. The van der Waals surface area contributed by atoms with Gasteiger partial charge in [-0.25, -0.2) is 0 Å². The van der Waals surface area contributed by atoms with Crippen molar-refractivity contribution in [2.24, 2.45) is 0 Å². The van der Waals surface area contributed by atoms with Crippen molar-refractivity contribution in [1.82, 2.24) is 9.78 Å². The van der Waals surface area contributed by atoms with Crippen molar-refractivity contribution in [3.63, 3.8) is 0 Å². The van der Waals surface area contributed by atoms with Crippen LogP contribution in [-0.4, -0.2) is 46.9 Å². The molecule has 0 amide bonds. The number of aromatic nitrogens is 2. The molecule has 1 aromatic rings. The predicted molar refractivity (Wildman–Crippen MR) is 62.9 cm³/mol. The van der Waals surface area contributed by atoms with E-state index in [9.17, 15) is 5.11 Å². The molecule has 0 saturated carbocycles. The van der Waals surface area contributed by atoms with Crippen LogP contribution in [0.3, 0.4) is 0 Å². The van der Waals surface area contributed by atoms with E-state index in [1.807, 2.05) is 24.6 Å². The molecule has 0 aliphatic carbocycles. The van der Waals surface area contributed by atoms with Gasteiger partial charge in [-0.15, -0.1) is 0 Å². The number of hydrogen-bond donors (Lipinski definition) is 1. The Balaban J connectivity index is 1.98. The third-order valence-corrected chi connectivity index (χ3v) is 2.97. The predicted octanol–water partition coefficient (Wildman–Crippen LogP) is 0.530. The van der Waals surface area contributed by atoms with Crippen LogP contribution in [0.25, 0.3) is 0 Å². The van der Waals surface area contributed by atoms with E-state index in [0.29, 0.717) is 26.2 Å². The van der Waals surface area contributed by atoms with Crippen molar-refractivity contribution < 1.29 is 14.6 Å². The van der Waals surface area contributed by atoms with Gasteiger partial charge in [0.05, 0.1) is 31.6 Å². The summed E-state index contributed by atoms with van der Waals surface area (Å²) < 4.78 is 12.7. The zero-order valence-electron chi connectivity index (χ0n) is 10.4. The highest BCUT2D eigenvalue weighted by Gasteiger charge is 2.24. The molecule has 1 aromatic heterocycles. The average Bonchev–Trinajstić information content (AvgIpc) is 2.70. The Morgan fingerprint density at radius 1 is 1.59 bits per heavy atom. The van der Waals surface area contributed by atoms with E-state index in [0.717, 1.165) is 17.9 Å². The number of aliphatic hydroxyl groups is 1. The van der Waals surface area contributed by atoms with Gasteiger partial charge < -0.3 is 14.6 Å². The minimum absolute atomic E-state index is 0.218. The number of nitrogens with zero attached hydrogens (tertiary/aromatic N) is 2. The molecule has 1 fully saturated rings. The summed E-state index contributed by atoms with van der Waals surface area (Å²) in [4.78, 5) is 0. The molecule has 2 unspecified atom stereocenters. The fourth-order valence-electron chi connectivity index (χ4n) is 2.11. The number of rotatable bonds is 4. The molecular weight excluding hydrogens is 220 g/mol. The topological polar surface area (TPSA) is 56.5 Å². The van der Waals surface area contributed by atoms with Crippen LogP contribution in [0, 0.1) is 6.92 Å². The molecule has 1 aliphatic heterocycles. The molecule has 5 heteroatoms. The average molecular weight is 240 g/mol. The van der Waals surface area contributed by atoms with E-state index in [1.54, 1.807) is 0 Å². The van der Waals surface area contributed by atoms with Crippen molar-refractivity contribution >= 4 is 0 Å². The summed E-state index contributed by atoms with van der Waals surface area (Å²) in [6, 6.07) is 2.01. The summed E-state index contributed by atoms with van der Waals surface area (Å²) in [5.74, 6) is 0. The van der Waals surface area contributed by atoms with Gasteiger partial charge in [-0.2, -0.15) is 5.10 Å². The van der Waals surface area contributed by atoms with Crippen molar-refractivity contribution in [2.75, 3.05) is 19.8 Å². The maximum Gasteiger partial charge on any atom is 0.107 e. The first-order valence-electron chi connectivity index (χ1n) is 6.11. The van der Waals surface area contributed by atoms with Gasteiger partial charge in [-0.1, -0.05) is 0 Å². The van der Waals surface area contributed by atoms with Crippen molar-refractivity contribution in [1.29, 1.82) is 0 Å². The van der Waals surface area contributed by atoms with Crippen LogP contribution in [0.5, 0.6) is 0 Å². The summed E-state index contributed by atoms with van der Waals surface area (Å²) in [6.07, 6.45) is -0.191. The fraction of sp³-hybridized carbons (Fsp3) is 0.750. The van der Waals surface area contributed by atoms with E-state index in [-0.39, 0.29) is 6.10 Å².